The minimum atomic E-state index is -0.173. The Labute approximate surface area is 187 Å². The van der Waals surface area contributed by atoms with Crippen molar-refractivity contribution in [2.75, 3.05) is 40.4 Å². The van der Waals surface area contributed by atoms with Crippen LogP contribution in [0.5, 0.6) is 11.5 Å². The number of aromatic amines is 1. The normalized spacial score (nSPS) is 15.0. The number of benzene rings is 2. The molecule has 1 aliphatic heterocycles. The summed E-state index contributed by atoms with van der Waals surface area (Å²) in [6.07, 6.45) is 2.31. The van der Waals surface area contributed by atoms with Gasteiger partial charge in [0.2, 0.25) is 11.8 Å². The maximum Gasteiger partial charge on any atom is 0.223 e. The maximum absolute atomic E-state index is 13.3. The van der Waals surface area contributed by atoms with Gasteiger partial charge in [-0.25, -0.2) is 0 Å². The third kappa shape index (κ3) is 4.42. The number of piperazine rings is 1. The van der Waals surface area contributed by atoms with Crippen molar-refractivity contribution in [1.29, 1.82) is 0 Å². The smallest absolute Gasteiger partial charge is 0.223 e. The first kappa shape index (κ1) is 21.7. The fourth-order valence-corrected chi connectivity index (χ4v) is 4.39. The van der Waals surface area contributed by atoms with E-state index in [2.05, 4.69) is 11.1 Å². The molecule has 1 fully saturated rings. The Morgan fingerprint density at radius 1 is 0.969 bits per heavy atom. The first-order chi connectivity index (χ1) is 15.5. The highest BCUT2D eigenvalue weighted by atomic mass is 16.5. The summed E-state index contributed by atoms with van der Waals surface area (Å²) in [6, 6.07) is 13.9. The Bertz CT molecular complexity index is 1090. The standard InChI is InChI=1S/C25H29N3O4/c1-17(29)27-8-10-28(11-9-27)25(30)15-22(18-12-19(31-2)14-20(13-18)32-3)23-16-26-24-7-5-4-6-21(23)24/h4-7,12-14,16,22,26H,8-11,15H2,1-3H3. The molecular formula is C25H29N3O4. The van der Waals surface area contributed by atoms with Crippen molar-refractivity contribution in [3.63, 3.8) is 0 Å². The molecule has 3 aromatic rings. The van der Waals surface area contributed by atoms with Gasteiger partial charge in [-0.1, -0.05) is 18.2 Å². The zero-order valence-corrected chi connectivity index (χ0v) is 18.8. The predicted octanol–water partition coefficient (Wildman–Crippen LogP) is 3.40. The molecule has 2 aromatic carbocycles. The molecule has 7 nitrogen and oxygen atoms in total. The Kier molecular flexibility index (Phi) is 6.35. The monoisotopic (exact) mass is 435 g/mol. The molecule has 1 unspecified atom stereocenters. The van der Waals surface area contributed by atoms with E-state index in [4.69, 9.17) is 9.47 Å². The summed E-state index contributed by atoms with van der Waals surface area (Å²) in [7, 11) is 3.25. The predicted molar refractivity (Wildman–Crippen MR) is 123 cm³/mol. The minimum absolute atomic E-state index is 0.0530. The van der Waals surface area contributed by atoms with Gasteiger partial charge in [0.05, 0.1) is 14.2 Å². The third-order valence-electron chi connectivity index (χ3n) is 6.23. The van der Waals surface area contributed by atoms with Crippen LogP contribution in [0.1, 0.15) is 30.4 Å². The summed E-state index contributed by atoms with van der Waals surface area (Å²) in [5.74, 6) is 1.33. The van der Waals surface area contributed by atoms with Gasteiger partial charge in [0.1, 0.15) is 11.5 Å². The number of fused-ring (bicyclic) bond motifs is 1. The average Bonchev–Trinajstić information content (AvgIpc) is 3.26. The second kappa shape index (κ2) is 9.34. The lowest BCUT2D eigenvalue weighted by molar-refractivity contribution is -0.138. The van der Waals surface area contributed by atoms with Crippen LogP contribution in [0.3, 0.4) is 0 Å². The van der Waals surface area contributed by atoms with E-state index < -0.39 is 0 Å². The molecular weight excluding hydrogens is 406 g/mol. The molecule has 1 aliphatic rings. The van der Waals surface area contributed by atoms with Gasteiger partial charge in [-0.15, -0.1) is 0 Å². The second-order valence-electron chi connectivity index (χ2n) is 8.08. The number of H-pyrrole nitrogens is 1. The summed E-state index contributed by atoms with van der Waals surface area (Å²) in [4.78, 5) is 32.0. The highest BCUT2D eigenvalue weighted by Crippen LogP contribution is 2.37. The van der Waals surface area contributed by atoms with Crippen molar-refractivity contribution in [2.45, 2.75) is 19.3 Å². The number of hydrogen-bond acceptors (Lipinski definition) is 4. The molecule has 4 rings (SSSR count). The topological polar surface area (TPSA) is 74.9 Å². The molecule has 0 saturated carbocycles. The lowest BCUT2D eigenvalue weighted by Gasteiger charge is -2.35. The van der Waals surface area contributed by atoms with Crippen LogP contribution in [0, 0.1) is 0 Å². The number of methoxy groups -OCH3 is 2. The Morgan fingerprint density at radius 3 is 2.22 bits per heavy atom. The van der Waals surface area contributed by atoms with Gasteiger partial charge < -0.3 is 24.3 Å². The highest BCUT2D eigenvalue weighted by molar-refractivity contribution is 5.86. The van der Waals surface area contributed by atoms with Gasteiger partial charge in [0.15, 0.2) is 0 Å². The van der Waals surface area contributed by atoms with E-state index in [0.29, 0.717) is 44.1 Å². The molecule has 1 saturated heterocycles. The lowest BCUT2D eigenvalue weighted by Crippen LogP contribution is -2.50. The molecule has 0 bridgehead atoms. The van der Waals surface area contributed by atoms with Crippen molar-refractivity contribution in [3.8, 4) is 11.5 Å². The van der Waals surface area contributed by atoms with E-state index in [0.717, 1.165) is 22.0 Å². The van der Waals surface area contributed by atoms with Crippen molar-refractivity contribution >= 4 is 22.7 Å². The summed E-state index contributed by atoms with van der Waals surface area (Å²) < 4.78 is 11.0. The van der Waals surface area contributed by atoms with Gasteiger partial charge >= 0.3 is 0 Å². The number of nitrogens with one attached hydrogen (secondary N) is 1. The Balaban J connectivity index is 1.67. The zero-order chi connectivity index (χ0) is 22.7. The molecule has 168 valence electrons. The van der Waals surface area contributed by atoms with Crippen molar-refractivity contribution in [2.24, 2.45) is 0 Å². The number of carbonyl (C=O) groups is 2. The molecule has 0 radical (unpaired) electrons. The summed E-state index contributed by atoms with van der Waals surface area (Å²) in [5.41, 5.74) is 3.05. The van der Waals surface area contributed by atoms with Gasteiger partial charge in [-0.3, -0.25) is 9.59 Å². The number of aromatic nitrogens is 1. The van der Waals surface area contributed by atoms with Gasteiger partial charge in [-0.2, -0.15) is 0 Å². The number of ether oxygens (including phenoxy) is 2. The molecule has 1 atom stereocenters. The van der Waals surface area contributed by atoms with Gasteiger partial charge in [0, 0.05) is 68.6 Å². The van der Waals surface area contributed by atoms with Gasteiger partial charge in [0.25, 0.3) is 0 Å². The van der Waals surface area contributed by atoms with Crippen LogP contribution in [0.25, 0.3) is 10.9 Å². The van der Waals surface area contributed by atoms with E-state index in [1.165, 1.54) is 0 Å². The summed E-state index contributed by atoms with van der Waals surface area (Å²) >= 11 is 0. The third-order valence-corrected chi connectivity index (χ3v) is 6.23. The number of rotatable bonds is 6. The Morgan fingerprint density at radius 2 is 1.59 bits per heavy atom. The van der Waals surface area contributed by atoms with Crippen LogP contribution in [0.4, 0.5) is 0 Å². The molecule has 0 aliphatic carbocycles. The number of para-hydroxylation sites is 1. The van der Waals surface area contributed by atoms with E-state index in [1.54, 1.807) is 26.0 Å². The largest absolute Gasteiger partial charge is 0.497 e. The molecule has 7 heteroatoms. The first-order valence-electron chi connectivity index (χ1n) is 10.8. The summed E-state index contributed by atoms with van der Waals surface area (Å²) in [5, 5.41) is 1.09. The number of nitrogens with zero attached hydrogens (tertiary/aromatic N) is 2. The fourth-order valence-electron chi connectivity index (χ4n) is 4.39. The van der Waals surface area contributed by atoms with Crippen molar-refractivity contribution in [3.05, 3.63) is 59.8 Å². The molecule has 1 N–H and O–H groups in total. The quantitative estimate of drug-likeness (QED) is 0.644. The first-order valence-corrected chi connectivity index (χ1v) is 10.8. The van der Waals surface area contributed by atoms with Gasteiger partial charge in [-0.05, 0) is 29.3 Å². The van der Waals surface area contributed by atoms with Crippen LogP contribution < -0.4 is 9.47 Å². The number of carbonyl (C=O) groups excluding carboxylic acids is 2. The zero-order valence-electron chi connectivity index (χ0n) is 18.8. The molecule has 0 spiro atoms. The van der Waals surface area contributed by atoms with E-state index in [1.807, 2.05) is 47.5 Å². The molecule has 32 heavy (non-hydrogen) atoms. The van der Waals surface area contributed by atoms with Crippen LogP contribution in [-0.2, 0) is 9.59 Å². The van der Waals surface area contributed by atoms with Crippen molar-refractivity contribution in [1.82, 2.24) is 14.8 Å². The fraction of sp³-hybridized carbons (Fsp3) is 0.360. The van der Waals surface area contributed by atoms with E-state index in [9.17, 15) is 9.59 Å². The van der Waals surface area contributed by atoms with Crippen LogP contribution >= 0.6 is 0 Å². The van der Waals surface area contributed by atoms with Crippen molar-refractivity contribution < 1.29 is 19.1 Å². The lowest BCUT2D eigenvalue weighted by atomic mass is 9.87. The molecule has 2 amide bonds. The Hall–Kier alpha value is -3.48. The minimum Gasteiger partial charge on any atom is -0.497 e. The maximum atomic E-state index is 13.3. The summed E-state index contributed by atoms with van der Waals surface area (Å²) in [6.45, 7) is 3.83. The van der Waals surface area contributed by atoms with E-state index >= 15 is 0 Å². The average molecular weight is 436 g/mol. The molecule has 2 heterocycles. The SMILES string of the molecule is COc1cc(OC)cc(C(CC(=O)N2CCN(C(C)=O)CC2)c2c[nH]c3ccccc23)c1. The van der Waals surface area contributed by atoms with Crippen LogP contribution in [-0.4, -0.2) is 67.0 Å². The van der Waals surface area contributed by atoms with Crippen LogP contribution in [0.15, 0.2) is 48.7 Å². The highest BCUT2D eigenvalue weighted by Gasteiger charge is 2.28. The number of hydrogen-bond donors (Lipinski definition) is 1. The molecule has 1 aromatic heterocycles. The van der Waals surface area contributed by atoms with Crippen LogP contribution in [0.2, 0.25) is 0 Å². The van der Waals surface area contributed by atoms with E-state index in [-0.39, 0.29) is 17.7 Å². The number of amides is 2. The second-order valence-corrected chi connectivity index (χ2v) is 8.08.